The van der Waals surface area contributed by atoms with Crippen molar-refractivity contribution in [1.29, 1.82) is 0 Å². The van der Waals surface area contributed by atoms with Crippen molar-refractivity contribution in [3.63, 3.8) is 0 Å². The molecule has 2 rings (SSSR count). The molecule has 0 aliphatic heterocycles. The summed E-state index contributed by atoms with van der Waals surface area (Å²) in [6.07, 6.45) is 0.304. The maximum atomic E-state index is 10.4. The Kier molecular flexibility index (Phi) is 3.82. The minimum Gasteiger partial charge on any atom is -0.384 e. The van der Waals surface area contributed by atoms with Gasteiger partial charge in [-0.3, -0.25) is 0 Å². The van der Waals surface area contributed by atoms with Gasteiger partial charge in [0.25, 0.3) is 0 Å². The highest BCUT2D eigenvalue weighted by Gasteiger charge is 2.13. The first-order chi connectivity index (χ1) is 8.22. The predicted octanol–water partition coefficient (Wildman–Crippen LogP) is 3.98. The lowest BCUT2D eigenvalue weighted by molar-refractivity contribution is 0.219. The molecule has 2 aromatic rings. The normalized spacial score (nSPS) is 12.4. The Morgan fingerprint density at radius 3 is 2.59 bits per heavy atom. The second-order valence-corrected chi connectivity index (χ2v) is 4.45. The monoisotopic (exact) mass is 246 g/mol. The van der Waals surface area contributed by atoms with Crippen LogP contribution in [0, 0.1) is 0 Å². The van der Waals surface area contributed by atoms with E-state index in [1.165, 1.54) is 5.56 Å². The zero-order valence-corrected chi connectivity index (χ0v) is 10.5. The van der Waals surface area contributed by atoms with Crippen molar-refractivity contribution in [2.24, 2.45) is 0 Å². The molecule has 0 aromatic heterocycles. The number of halogens is 1. The fraction of sp³-hybridized carbons (Fsp3) is 0.200. The molecule has 0 bridgehead atoms. The standard InChI is InChI=1S/C15H15ClO/c1-2-11-6-3-4-9-14(11)15(17)12-7-5-8-13(16)10-12/h3-10,15,17H,2H2,1H3. The van der Waals surface area contributed by atoms with Gasteiger partial charge >= 0.3 is 0 Å². The van der Waals surface area contributed by atoms with Gasteiger partial charge in [-0.15, -0.1) is 0 Å². The Bertz CT molecular complexity index is 508. The number of hydrogen-bond donors (Lipinski definition) is 1. The second-order valence-electron chi connectivity index (χ2n) is 4.01. The summed E-state index contributed by atoms with van der Waals surface area (Å²) in [5, 5.41) is 11.0. The van der Waals surface area contributed by atoms with Gasteiger partial charge in [-0.1, -0.05) is 54.9 Å². The van der Waals surface area contributed by atoms with Crippen LogP contribution in [0.1, 0.15) is 29.7 Å². The van der Waals surface area contributed by atoms with Crippen LogP contribution in [0.25, 0.3) is 0 Å². The molecule has 0 saturated carbocycles. The number of rotatable bonds is 3. The van der Waals surface area contributed by atoms with E-state index in [1.807, 2.05) is 42.5 Å². The van der Waals surface area contributed by atoms with Gasteiger partial charge in [0.15, 0.2) is 0 Å². The molecule has 17 heavy (non-hydrogen) atoms. The first-order valence-electron chi connectivity index (χ1n) is 5.73. The van der Waals surface area contributed by atoms with E-state index in [1.54, 1.807) is 6.07 Å². The van der Waals surface area contributed by atoms with Crippen LogP contribution in [-0.4, -0.2) is 5.11 Å². The Morgan fingerprint density at radius 2 is 1.88 bits per heavy atom. The van der Waals surface area contributed by atoms with E-state index in [2.05, 4.69) is 6.92 Å². The molecule has 1 atom stereocenters. The number of aliphatic hydroxyl groups is 1. The maximum Gasteiger partial charge on any atom is 0.104 e. The highest BCUT2D eigenvalue weighted by atomic mass is 35.5. The molecule has 0 aliphatic carbocycles. The van der Waals surface area contributed by atoms with E-state index in [-0.39, 0.29) is 0 Å². The van der Waals surface area contributed by atoms with Gasteiger partial charge in [-0.2, -0.15) is 0 Å². The molecular weight excluding hydrogens is 232 g/mol. The second kappa shape index (κ2) is 5.35. The van der Waals surface area contributed by atoms with Crippen molar-refractivity contribution in [2.45, 2.75) is 19.4 Å². The molecule has 0 aliphatic rings. The summed E-state index contributed by atoms with van der Waals surface area (Å²) in [6, 6.07) is 15.3. The van der Waals surface area contributed by atoms with Gasteiger partial charge in [0, 0.05) is 5.02 Å². The molecule has 0 saturated heterocycles. The fourth-order valence-corrected chi connectivity index (χ4v) is 2.18. The quantitative estimate of drug-likeness (QED) is 0.869. The Morgan fingerprint density at radius 1 is 1.12 bits per heavy atom. The average molecular weight is 247 g/mol. The summed E-state index contributed by atoms with van der Waals surface area (Å²) in [5.41, 5.74) is 2.95. The Labute approximate surface area is 107 Å². The van der Waals surface area contributed by atoms with Gasteiger partial charge in [0.1, 0.15) is 6.10 Å². The lowest BCUT2D eigenvalue weighted by atomic mass is 9.96. The first-order valence-corrected chi connectivity index (χ1v) is 6.11. The van der Waals surface area contributed by atoms with Crippen LogP contribution >= 0.6 is 11.6 Å². The van der Waals surface area contributed by atoms with Crippen molar-refractivity contribution < 1.29 is 5.11 Å². The third-order valence-electron chi connectivity index (χ3n) is 2.89. The van der Waals surface area contributed by atoms with E-state index in [0.29, 0.717) is 5.02 Å². The molecule has 2 aromatic carbocycles. The van der Waals surface area contributed by atoms with Crippen molar-refractivity contribution in [3.8, 4) is 0 Å². The van der Waals surface area contributed by atoms with E-state index in [0.717, 1.165) is 17.5 Å². The fourth-order valence-electron chi connectivity index (χ4n) is 1.98. The minimum absolute atomic E-state index is 0.607. The van der Waals surface area contributed by atoms with Gasteiger partial charge < -0.3 is 5.11 Å². The Balaban J connectivity index is 2.40. The number of benzene rings is 2. The summed E-state index contributed by atoms with van der Waals surface area (Å²) < 4.78 is 0. The lowest BCUT2D eigenvalue weighted by Crippen LogP contribution is -2.03. The predicted molar refractivity (Wildman–Crippen MR) is 71.3 cm³/mol. The van der Waals surface area contributed by atoms with Gasteiger partial charge in [0.05, 0.1) is 0 Å². The van der Waals surface area contributed by atoms with Crippen LogP contribution in [0.4, 0.5) is 0 Å². The van der Waals surface area contributed by atoms with Crippen LogP contribution in [-0.2, 0) is 6.42 Å². The molecule has 88 valence electrons. The van der Waals surface area contributed by atoms with E-state index in [9.17, 15) is 5.11 Å². The van der Waals surface area contributed by atoms with Gasteiger partial charge in [-0.25, -0.2) is 0 Å². The third kappa shape index (κ3) is 2.68. The largest absolute Gasteiger partial charge is 0.384 e. The zero-order chi connectivity index (χ0) is 12.3. The van der Waals surface area contributed by atoms with Crippen molar-refractivity contribution in [1.82, 2.24) is 0 Å². The molecule has 0 fully saturated rings. The number of aryl methyl sites for hydroxylation is 1. The molecule has 0 amide bonds. The molecule has 0 spiro atoms. The van der Waals surface area contributed by atoms with Crippen LogP contribution in [0.5, 0.6) is 0 Å². The summed E-state index contributed by atoms with van der Waals surface area (Å²) in [6.45, 7) is 2.09. The molecule has 1 nitrogen and oxygen atoms in total. The lowest BCUT2D eigenvalue weighted by Gasteiger charge is -2.15. The first kappa shape index (κ1) is 12.2. The van der Waals surface area contributed by atoms with E-state index >= 15 is 0 Å². The maximum absolute atomic E-state index is 10.4. The molecular formula is C15H15ClO. The number of aliphatic hydroxyl groups excluding tert-OH is 1. The van der Waals surface area contributed by atoms with E-state index < -0.39 is 6.10 Å². The van der Waals surface area contributed by atoms with Crippen LogP contribution in [0.2, 0.25) is 5.02 Å². The summed E-state index contributed by atoms with van der Waals surface area (Å²) >= 11 is 5.94. The molecule has 0 heterocycles. The Hall–Kier alpha value is -1.31. The molecule has 0 radical (unpaired) electrons. The van der Waals surface area contributed by atoms with Crippen molar-refractivity contribution >= 4 is 11.6 Å². The smallest absolute Gasteiger partial charge is 0.104 e. The highest BCUT2D eigenvalue weighted by molar-refractivity contribution is 6.30. The molecule has 2 heteroatoms. The summed E-state index contributed by atoms with van der Waals surface area (Å²) in [7, 11) is 0. The summed E-state index contributed by atoms with van der Waals surface area (Å²) in [4.78, 5) is 0. The van der Waals surface area contributed by atoms with E-state index in [4.69, 9.17) is 11.6 Å². The SMILES string of the molecule is CCc1ccccc1C(O)c1cccc(Cl)c1. The van der Waals surface area contributed by atoms with Crippen molar-refractivity contribution in [2.75, 3.05) is 0 Å². The third-order valence-corrected chi connectivity index (χ3v) is 3.13. The minimum atomic E-state index is -0.607. The van der Waals surface area contributed by atoms with Crippen LogP contribution in [0.15, 0.2) is 48.5 Å². The highest BCUT2D eigenvalue weighted by Crippen LogP contribution is 2.26. The van der Waals surface area contributed by atoms with Gasteiger partial charge in [0.2, 0.25) is 0 Å². The number of hydrogen-bond acceptors (Lipinski definition) is 1. The molecule has 1 unspecified atom stereocenters. The van der Waals surface area contributed by atoms with Crippen LogP contribution in [0.3, 0.4) is 0 Å². The van der Waals surface area contributed by atoms with Crippen LogP contribution < -0.4 is 0 Å². The average Bonchev–Trinajstić information content (AvgIpc) is 2.38. The van der Waals surface area contributed by atoms with Crippen molar-refractivity contribution in [3.05, 3.63) is 70.2 Å². The summed E-state index contributed by atoms with van der Waals surface area (Å²) in [5.74, 6) is 0. The molecule has 1 N–H and O–H groups in total. The van der Waals surface area contributed by atoms with Gasteiger partial charge in [-0.05, 0) is 35.2 Å². The topological polar surface area (TPSA) is 20.2 Å². The zero-order valence-electron chi connectivity index (χ0n) is 9.73.